The molecule has 0 fully saturated rings. The zero-order valence-electron chi connectivity index (χ0n) is 14.3. The van der Waals surface area contributed by atoms with E-state index in [9.17, 15) is 9.18 Å². The van der Waals surface area contributed by atoms with Crippen molar-refractivity contribution in [2.45, 2.75) is 40.3 Å². The number of pyridine rings is 2. The smallest absolute Gasteiger partial charge is 0.253 e. The summed E-state index contributed by atoms with van der Waals surface area (Å²) < 4.78 is 18.4. The lowest BCUT2D eigenvalue weighted by atomic mass is 9.88. The van der Waals surface area contributed by atoms with Gasteiger partial charge in [-0.15, -0.1) is 0 Å². The first kappa shape index (κ1) is 17.8. The Labute approximate surface area is 141 Å². The highest BCUT2D eigenvalue weighted by atomic mass is 19.1. The van der Waals surface area contributed by atoms with Gasteiger partial charge >= 0.3 is 0 Å². The zero-order chi connectivity index (χ0) is 17.7. The summed E-state index contributed by atoms with van der Waals surface area (Å²) in [4.78, 5) is 20.1. The van der Waals surface area contributed by atoms with Crippen LogP contribution in [0.3, 0.4) is 0 Å². The standard InChI is InChI=1S/C18H22FN3O2/c1-12(18(2,3)4)22-17(23)13-5-6-15(21-8-13)11-24-16-7-14(19)9-20-10-16/h5-10,12H,11H2,1-4H3,(H,22,23). The molecule has 5 nitrogen and oxygen atoms in total. The molecule has 2 aromatic rings. The van der Waals surface area contributed by atoms with E-state index in [1.165, 1.54) is 18.5 Å². The van der Waals surface area contributed by atoms with E-state index in [0.717, 1.165) is 6.20 Å². The van der Waals surface area contributed by atoms with Gasteiger partial charge < -0.3 is 10.1 Å². The summed E-state index contributed by atoms with van der Waals surface area (Å²) in [6, 6.07) is 4.69. The average Bonchev–Trinajstić information content (AvgIpc) is 2.52. The number of aromatic nitrogens is 2. The molecule has 0 spiro atoms. The number of hydrogen-bond acceptors (Lipinski definition) is 4. The minimum Gasteiger partial charge on any atom is -0.486 e. The van der Waals surface area contributed by atoms with Crippen molar-refractivity contribution in [3.05, 3.63) is 53.9 Å². The molecule has 0 aliphatic rings. The SMILES string of the molecule is CC(NC(=O)c1ccc(COc2cncc(F)c2)nc1)C(C)(C)C. The summed E-state index contributed by atoms with van der Waals surface area (Å²) in [7, 11) is 0. The van der Waals surface area contributed by atoms with Gasteiger partial charge in [-0.3, -0.25) is 14.8 Å². The van der Waals surface area contributed by atoms with Crippen LogP contribution >= 0.6 is 0 Å². The van der Waals surface area contributed by atoms with Crippen molar-refractivity contribution in [1.29, 1.82) is 0 Å². The molecule has 24 heavy (non-hydrogen) atoms. The lowest BCUT2D eigenvalue weighted by Gasteiger charge is -2.28. The summed E-state index contributed by atoms with van der Waals surface area (Å²) in [5, 5.41) is 2.96. The van der Waals surface area contributed by atoms with E-state index in [1.54, 1.807) is 12.1 Å². The van der Waals surface area contributed by atoms with Gasteiger partial charge in [0.2, 0.25) is 0 Å². The highest BCUT2D eigenvalue weighted by molar-refractivity contribution is 5.94. The van der Waals surface area contributed by atoms with Crippen molar-refractivity contribution in [2.75, 3.05) is 0 Å². The molecule has 1 unspecified atom stereocenters. The molecule has 2 rings (SSSR count). The fourth-order valence-electron chi connectivity index (χ4n) is 1.77. The summed E-state index contributed by atoms with van der Waals surface area (Å²) in [5.74, 6) is -0.287. The monoisotopic (exact) mass is 331 g/mol. The maximum absolute atomic E-state index is 13.0. The molecular weight excluding hydrogens is 309 g/mol. The lowest BCUT2D eigenvalue weighted by Crippen LogP contribution is -2.41. The molecule has 1 amide bonds. The minimum absolute atomic E-state index is 0.0180. The number of amides is 1. The summed E-state index contributed by atoms with van der Waals surface area (Å²) in [6.45, 7) is 8.35. The van der Waals surface area contributed by atoms with Crippen LogP contribution in [0.5, 0.6) is 5.75 Å². The molecule has 6 heteroatoms. The predicted molar refractivity (Wildman–Crippen MR) is 89.1 cm³/mol. The molecule has 0 aliphatic heterocycles. The number of halogens is 1. The second-order valence-corrected chi connectivity index (χ2v) is 6.73. The van der Waals surface area contributed by atoms with Crippen molar-refractivity contribution in [1.82, 2.24) is 15.3 Å². The van der Waals surface area contributed by atoms with Gasteiger partial charge in [0.25, 0.3) is 5.91 Å². The summed E-state index contributed by atoms with van der Waals surface area (Å²) in [6.07, 6.45) is 4.04. The van der Waals surface area contributed by atoms with E-state index in [4.69, 9.17) is 4.74 Å². The molecule has 0 aliphatic carbocycles. The Morgan fingerprint density at radius 2 is 2.04 bits per heavy atom. The van der Waals surface area contributed by atoms with Gasteiger partial charge in [0.1, 0.15) is 18.2 Å². The Morgan fingerprint density at radius 3 is 2.62 bits per heavy atom. The summed E-state index contributed by atoms with van der Waals surface area (Å²) in [5.41, 5.74) is 1.11. The number of nitrogens with one attached hydrogen (secondary N) is 1. The predicted octanol–water partition coefficient (Wildman–Crippen LogP) is 3.36. The Hall–Kier alpha value is -2.50. The quantitative estimate of drug-likeness (QED) is 0.912. The first-order valence-electron chi connectivity index (χ1n) is 7.75. The van der Waals surface area contributed by atoms with E-state index in [2.05, 4.69) is 36.1 Å². The van der Waals surface area contributed by atoms with E-state index in [0.29, 0.717) is 17.0 Å². The third-order valence-electron chi connectivity index (χ3n) is 3.80. The van der Waals surface area contributed by atoms with Gasteiger partial charge in [0.15, 0.2) is 0 Å². The topological polar surface area (TPSA) is 64.1 Å². The van der Waals surface area contributed by atoms with Crippen LogP contribution in [-0.4, -0.2) is 21.9 Å². The highest BCUT2D eigenvalue weighted by Crippen LogP contribution is 2.19. The van der Waals surface area contributed by atoms with Crippen LogP contribution in [-0.2, 0) is 6.61 Å². The maximum atomic E-state index is 13.0. The fourth-order valence-corrected chi connectivity index (χ4v) is 1.77. The number of nitrogens with zero attached hydrogens (tertiary/aromatic N) is 2. The van der Waals surface area contributed by atoms with Crippen molar-refractivity contribution in [3.8, 4) is 5.75 Å². The molecule has 0 saturated heterocycles. The van der Waals surface area contributed by atoms with Gasteiger partial charge in [-0.2, -0.15) is 0 Å². The molecule has 1 atom stereocenters. The molecule has 128 valence electrons. The van der Waals surface area contributed by atoms with Crippen LogP contribution < -0.4 is 10.1 Å². The fraction of sp³-hybridized carbons (Fsp3) is 0.389. The largest absolute Gasteiger partial charge is 0.486 e. The Balaban J connectivity index is 1.94. The number of rotatable bonds is 5. The molecule has 0 radical (unpaired) electrons. The van der Waals surface area contributed by atoms with Crippen molar-refractivity contribution in [3.63, 3.8) is 0 Å². The number of ether oxygens (including phenoxy) is 1. The number of hydrogen-bond donors (Lipinski definition) is 1. The minimum atomic E-state index is -0.458. The molecule has 2 aromatic heterocycles. The Kier molecular flexibility index (Phi) is 5.49. The lowest BCUT2D eigenvalue weighted by molar-refractivity contribution is 0.0909. The molecule has 2 heterocycles. The van der Waals surface area contributed by atoms with Crippen LogP contribution in [0.25, 0.3) is 0 Å². The van der Waals surface area contributed by atoms with Crippen LogP contribution in [0.2, 0.25) is 0 Å². The van der Waals surface area contributed by atoms with Gasteiger partial charge in [-0.25, -0.2) is 4.39 Å². The second kappa shape index (κ2) is 7.38. The molecular formula is C18H22FN3O2. The van der Waals surface area contributed by atoms with E-state index in [1.807, 2.05) is 6.92 Å². The molecule has 0 aromatic carbocycles. The van der Waals surface area contributed by atoms with E-state index >= 15 is 0 Å². The van der Waals surface area contributed by atoms with Crippen molar-refractivity contribution in [2.24, 2.45) is 5.41 Å². The second-order valence-electron chi connectivity index (χ2n) is 6.73. The van der Waals surface area contributed by atoms with E-state index in [-0.39, 0.29) is 24.0 Å². The number of carbonyl (C=O) groups excluding carboxylic acids is 1. The van der Waals surface area contributed by atoms with Crippen LogP contribution in [0.1, 0.15) is 43.7 Å². The maximum Gasteiger partial charge on any atom is 0.253 e. The van der Waals surface area contributed by atoms with Crippen LogP contribution in [0, 0.1) is 11.2 Å². The van der Waals surface area contributed by atoms with Gasteiger partial charge in [0, 0.05) is 18.3 Å². The third-order valence-corrected chi connectivity index (χ3v) is 3.80. The third kappa shape index (κ3) is 5.01. The molecule has 0 saturated carbocycles. The van der Waals surface area contributed by atoms with E-state index < -0.39 is 5.82 Å². The zero-order valence-corrected chi connectivity index (χ0v) is 14.3. The highest BCUT2D eigenvalue weighted by Gasteiger charge is 2.22. The Morgan fingerprint density at radius 1 is 1.29 bits per heavy atom. The van der Waals surface area contributed by atoms with Crippen molar-refractivity contribution < 1.29 is 13.9 Å². The summed E-state index contributed by atoms with van der Waals surface area (Å²) >= 11 is 0. The Bertz CT molecular complexity index is 696. The van der Waals surface area contributed by atoms with Gasteiger partial charge in [-0.05, 0) is 24.5 Å². The van der Waals surface area contributed by atoms with Crippen LogP contribution in [0.15, 0.2) is 36.8 Å². The average molecular weight is 331 g/mol. The molecule has 1 N–H and O–H groups in total. The first-order chi connectivity index (χ1) is 11.3. The molecule has 0 bridgehead atoms. The first-order valence-corrected chi connectivity index (χ1v) is 7.75. The normalized spacial score (nSPS) is 12.5. The number of carbonyl (C=O) groups is 1. The van der Waals surface area contributed by atoms with Gasteiger partial charge in [-0.1, -0.05) is 20.8 Å². The van der Waals surface area contributed by atoms with Crippen molar-refractivity contribution >= 4 is 5.91 Å². The van der Waals surface area contributed by atoms with Gasteiger partial charge in [0.05, 0.1) is 23.7 Å². The van der Waals surface area contributed by atoms with Crippen LogP contribution in [0.4, 0.5) is 4.39 Å².